The van der Waals surface area contributed by atoms with Crippen LogP contribution in [0.25, 0.3) is 0 Å². The summed E-state index contributed by atoms with van der Waals surface area (Å²) in [7, 11) is 0. The van der Waals surface area contributed by atoms with Crippen molar-refractivity contribution in [3.63, 3.8) is 0 Å². The topological polar surface area (TPSA) is 26.0 Å². The minimum Gasteiger partial charge on any atom is -0.325 e. The normalized spacial score (nSPS) is 19.0. The molecule has 0 radical (unpaired) electrons. The van der Waals surface area contributed by atoms with Crippen LogP contribution < -0.4 is 5.73 Å². The van der Waals surface area contributed by atoms with Gasteiger partial charge in [-0.3, -0.25) is 0 Å². The molecule has 82 valence electrons. The Balaban J connectivity index is 2.51. The van der Waals surface area contributed by atoms with Gasteiger partial charge in [0.1, 0.15) is 0 Å². The molecule has 0 aromatic heterocycles. The number of rotatable bonds is 2. The lowest BCUT2D eigenvalue weighted by Crippen LogP contribution is -2.45. The first-order valence-corrected chi connectivity index (χ1v) is 5.74. The van der Waals surface area contributed by atoms with E-state index in [1.54, 1.807) is 0 Å². The van der Waals surface area contributed by atoms with Crippen LogP contribution in [0.2, 0.25) is 0 Å². The van der Waals surface area contributed by atoms with Crippen molar-refractivity contribution in [1.29, 1.82) is 0 Å². The van der Waals surface area contributed by atoms with Gasteiger partial charge in [0, 0.05) is 11.0 Å². The first-order chi connectivity index (χ1) is 6.88. The summed E-state index contributed by atoms with van der Waals surface area (Å²) in [6, 6.07) is 6.59. The largest absolute Gasteiger partial charge is 0.325 e. The lowest BCUT2D eigenvalue weighted by Gasteiger charge is -2.32. The van der Waals surface area contributed by atoms with Crippen molar-refractivity contribution in [3.05, 3.63) is 34.9 Å². The average Bonchev–Trinajstić information content (AvgIpc) is 2.89. The lowest BCUT2D eigenvalue weighted by atomic mass is 9.77. The first kappa shape index (κ1) is 10.7. The lowest BCUT2D eigenvalue weighted by molar-refractivity contribution is 0.390. The number of benzene rings is 1. The molecule has 1 aromatic rings. The predicted molar refractivity (Wildman–Crippen MR) is 65.1 cm³/mol. The molecule has 15 heavy (non-hydrogen) atoms. The molecule has 0 unspecified atom stereocenters. The molecule has 1 heteroatoms. The van der Waals surface area contributed by atoms with E-state index in [-0.39, 0.29) is 11.0 Å². The average molecular weight is 203 g/mol. The maximum atomic E-state index is 6.33. The van der Waals surface area contributed by atoms with Gasteiger partial charge < -0.3 is 5.73 Å². The Labute approximate surface area is 92.7 Å². The van der Waals surface area contributed by atoms with E-state index < -0.39 is 0 Å². The predicted octanol–water partition coefficient (Wildman–Crippen LogP) is 3.07. The molecule has 0 atom stereocenters. The molecule has 1 aromatic carbocycles. The van der Waals surface area contributed by atoms with E-state index >= 15 is 0 Å². The van der Waals surface area contributed by atoms with E-state index in [4.69, 9.17) is 5.73 Å². The maximum absolute atomic E-state index is 6.33. The van der Waals surface area contributed by atoms with Crippen LogP contribution in [0.4, 0.5) is 0 Å². The Morgan fingerprint density at radius 2 is 1.80 bits per heavy atom. The second-order valence-electron chi connectivity index (χ2n) is 5.55. The van der Waals surface area contributed by atoms with Crippen molar-refractivity contribution in [1.82, 2.24) is 0 Å². The van der Waals surface area contributed by atoms with Crippen LogP contribution in [-0.2, 0) is 5.41 Å². The highest BCUT2D eigenvalue weighted by molar-refractivity contribution is 5.44. The van der Waals surface area contributed by atoms with Gasteiger partial charge in [0.05, 0.1) is 0 Å². The molecule has 0 heterocycles. The smallest absolute Gasteiger partial charge is 0.0195 e. The molecule has 1 fully saturated rings. The summed E-state index contributed by atoms with van der Waals surface area (Å²) in [5.74, 6) is 0. The van der Waals surface area contributed by atoms with E-state index in [0.29, 0.717) is 0 Å². The summed E-state index contributed by atoms with van der Waals surface area (Å²) in [5.41, 5.74) is 10.7. The van der Waals surface area contributed by atoms with Gasteiger partial charge in [-0.25, -0.2) is 0 Å². The molecule has 1 nitrogen and oxygen atoms in total. The fourth-order valence-electron chi connectivity index (χ4n) is 2.66. The molecular weight excluding hydrogens is 182 g/mol. The number of aryl methyl sites for hydroxylation is 1. The van der Waals surface area contributed by atoms with Crippen molar-refractivity contribution in [2.45, 2.75) is 51.5 Å². The van der Waals surface area contributed by atoms with Gasteiger partial charge in [-0.05, 0) is 57.2 Å². The van der Waals surface area contributed by atoms with Crippen LogP contribution in [-0.4, -0.2) is 5.54 Å². The van der Waals surface area contributed by atoms with Crippen molar-refractivity contribution in [2.24, 2.45) is 5.73 Å². The maximum Gasteiger partial charge on any atom is 0.0195 e. The Bertz CT molecular complexity index is 381. The highest BCUT2D eigenvalue weighted by Gasteiger charge is 2.54. The molecule has 0 spiro atoms. The van der Waals surface area contributed by atoms with E-state index in [1.807, 2.05) is 0 Å². The van der Waals surface area contributed by atoms with Gasteiger partial charge in [0.25, 0.3) is 0 Å². The number of hydrogen-bond donors (Lipinski definition) is 1. The Kier molecular flexibility index (Phi) is 2.20. The zero-order chi connectivity index (χ0) is 11.3. The second-order valence-corrected chi connectivity index (χ2v) is 5.55. The van der Waals surface area contributed by atoms with Crippen LogP contribution in [0.15, 0.2) is 18.2 Å². The first-order valence-electron chi connectivity index (χ1n) is 5.74. The monoisotopic (exact) mass is 203 g/mol. The minimum atomic E-state index is -0.106. The third-order valence-corrected chi connectivity index (χ3v) is 4.10. The van der Waals surface area contributed by atoms with E-state index in [0.717, 1.165) is 0 Å². The van der Waals surface area contributed by atoms with Gasteiger partial charge in [0.2, 0.25) is 0 Å². The summed E-state index contributed by atoms with van der Waals surface area (Å²) in [4.78, 5) is 0. The van der Waals surface area contributed by atoms with Gasteiger partial charge in [-0.15, -0.1) is 0 Å². The zero-order valence-electron chi connectivity index (χ0n) is 10.2. The third kappa shape index (κ3) is 1.50. The SMILES string of the molecule is Cc1cccc(C2(C(C)(C)N)CC2)c1C. The van der Waals surface area contributed by atoms with Crippen molar-refractivity contribution < 1.29 is 0 Å². The van der Waals surface area contributed by atoms with Crippen LogP contribution in [0.1, 0.15) is 43.4 Å². The van der Waals surface area contributed by atoms with Crippen LogP contribution in [0.3, 0.4) is 0 Å². The molecular formula is C14H21N. The second kappa shape index (κ2) is 3.08. The summed E-state index contributed by atoms with van der Waals surface area (Å²) >= 11 is 0. The number of nitrogens with two attached hydrogens (primary N) is 1. The molecule has 0 saturated heterocycles. The highest BCUT2D eigenvalue weighted by Crippen LogP contribution is 2.55. The quantitative estimate of drug-likeness (QED) is 0.785. The minimum absolute atomic E-state index is 0.106. The highest BCUT2D eigenvalue weighted by atomic mass is 14.8. The van der Waals surface area contributed by atoms with Gasteiger partial charge in [-0.2, -0.15) is 0 Å². The Morgan fingerprint density at radius 1 is 1.20 bits per heavy atom. The van der Waals surface area contributed by atoms with Crippen LogP contribution in [0, 0.1) is 13.8 Å². The van der Waals surface area contributed by atoms with Gasteiger partial charge in [0.15, 0.2) is 0 Å². The van der Waals surface area contributed by atoms with E-state index in [9.17, 15) is 0 Å². The van der Waals surface area contributed by atoms with Crippen LogP contribution >= 0.6 is 0 Å². The van der Waals surface area contributed by atoms with Crippen molar-refractivity contribution in [3.8, 4) is 0 Å². The molecule has 1 aliphatic rings. The summed E-state index contributed by atoms with van der Waals surface area (Å²) in [6.45, 7) is 8.71. The molecule has 1 saturated carbocycles. The Hall–Kier alpha value is -0.820. The molecule has 1 aliphatic carbocycles. The number of hydrogen-bond acceptors (Lipinski definition) is 1. The summed E-state index contributed by atoms with van der Waals surface area (Å²) < 4.78 is 0. The van der Waals surface area contributed by atoms with E-state index in [2.05, 4.69) is 45.9 Å². The molecule has 0 amide bonds. The molecule has 0 bridgehead atoms. The van der Waals surface area contributed by atoms with Gasteiger partial charge >= 0.3 is 0 Å². The zero-order valence-corrected chi connectivity index (χ0v) is 10.2. The summed E-state index contributed by atoms with van der Waals surface area (Å²) in [6.07, 6.45) is 2.47. The Morgan fingerprint density at radius 3 is 2.27 bits per heavy atom. The van der Waals surface area contributed by atoms with E-state index in [1.165, 1.54) is 29.5 Å². The van der Waals surface area contributed by atoms with Gasteiger partial charge in [-0.1, -0.05) is 18.2 Å². The van der Waals surface area contributed by atoms with Crippen molar-refractivity contribution >= 4 is 0 Å². The fourth-order valence-corrected chi connectivity index (χ4v) is 2.66. The molecule has 0 aliphatic heterocycles. The van der Waals surface area contributed by atoms with Crippen molar-refractivity contribution in [2.75, 3.05) is 0 Å². The fraction of sp³-hybridized carbons (Fsp3) is 0.571. The molecule has 2 N–H and O–H groups in total. The third-order valence-electron chi connectivity index (χ3n) is 4.10. The molecule has 2 rings (SSSR count). The standard InChI is InChI=1S/C14H21N/c1-10-6-5-7-12(11(10)2)14(8-9-14)13(3,4)15/h5-7H,8-9,15H2,1-4H3. The van der Waals surface area contributed by atoms with Crippen LogP contribution in [0.5, 0.6) is 0 Å². The summed E-state index contributed by atoms with van der Waals surface area (Å²) in [5, 5.41) is 0.